The minimum Gasteiger partial charge on any atom is -0.420 e. The number of ether oxygens (including phenoxy) is 1. The summed E-state index contributed by atoms with van der Waals surface area (Å²) in [6.07, 6.45) is 1.68. The van der Waals surface area contributed by atoms with Crippen molar-refractivity contribution in [1.82, 2.24) is 4.98 Å². The normalized spacial score (nSPS) is 9.75. The number of hydrogen-bond donors (Lipinski definition) is 1. The van der Waals surface area contributed by atoms with Crippen LogP contribution in [0.15, 0.2) is 48.7 Å². The van der Waals surface area contributed by atoms with Gasteiger partial charge < -0.3 is 9.72 Å². The van der Waals surface area contributed by atoms with Crippen molar-refractivity contribution in [2.75, 3.05) is 0 Å². The first kappa shape index (κ1) is 10.6. The molecule has 0 aliphatic heterocycles. The quantitative estimate of drug-likeness (QED) is 0.638. The number of carbonyl (C=O) groups excluding carboxylic acids is 1. The number of nitrogens with one attached hydrogen (secondary N) is 1. The van der Waals surface area contributed by atoms with Crippen LogP contribution in [0.3, 0.4) is 0 Å². The molecule has 2 aromatic rings. The van der Waals surface area contributed by atoms with Crippen molar-refractivity contribution in [2.24, 2.45) is 0 Å². The summed E-state index contributed by atoms with van der Waals surface area (Å²) >= 11 is 4.99. The molecule has 0 fully saturated rings. The van der Waals surface area contributed by atoms with E-state index in [9.17, 15) is 4.79 Å². The van der Waals surface area contributed by atoms with Gasteiger partial charge in [0.2, 0.25) is 0 Å². The van der Waals surface area contributed by atoms with Crippen LogP contribution in [-0.4, -0.2) is 11.0 Å². The first-order valence-electron chi connectivity index (χ1n) is 4.72. The highest BCUT2D eigenvalue weighted by atomic mass is 32.1. The number of hydrogen-bond acceptors (Lipinski definition) is 3. The predicted octanol–water partition coefficient (Wildman–Crippen LogP) is 2.96. The van der Waals surface area contributed by atoms with Crippen molar-refractivity contribution in [2.45, 2.75) is 0 Å². The Morgan fingerprint density at radius 1 is 1.12 bits per heavy atom. The van der Waals surface area contributed by atoms with Gasteiger partial charge >= 0.3 is 5.97 Å². The largest absolute Gasteiger partial charge is 0.420 e. The molecule has 4 heteroatoms. The molecule has 16 heavy (non-hydrogen) atoms. The van der Waals surface area contributed by atoms with Crippen LogP contribution in [0.1, 0.15) is 10.4 Å². The third-order valence-electron chi connectivity index (χ3n) is 1.99. The minimum atomic E-state index is -0.411. The van der Waals surface area contributed by atoms with Crippen LogP contribution in [0.25, 0.3) is 0 Å². The zero-order valence-electron chi connectivity index (χ0n) is 8.34. The van der Waals surface area contributed by atoms with Gasteiger partial charge in [-0.25, -0.2) is 4.79 Å². The van der Waals surface area contributed by atoms with Crippen LogP contribution in [0.4, 0.5) is 0 Å². The highest BCUT2D eigenvalue weighted by Crippen LogP contribution is 2.12. The van der Waals surface area contributed by atoms with Gasteiger partial charge in [-0.3, -0.25) is 0 Å². The number of aromatic amines is 1. The molecule has 0 bridgehead atoms. The molecule has 0 saturated heterocycles. The van der Waals surface area contributed by atoms with Crippen molar-refractivity contribution >= 4 is 18.2 Å². The fourth-order valence-corrected chi connectivity index (χ4v) is 1.40. The summed E-state index contributed by atoms with van der Waals surface area (Å²) in [7, 11) is 0. The molecule has 0 unspecified atom stereocenters. The Morgan fingerprint density at radius 3 is 2.56 bits per heavy atom. The van der Waals surface area contributed by atoms with Gasteiger partial charge in [0.25, 0.3) is 0 Å². The first-order chi connectivity index (χ1) is 7.77. The smallest absolute Gasteiger partial charge is 0.343 e. The summed E-state index contributed by atoms with van der Waals surface area (Å²) < 4.78 is 5.57. The summed E-state index contributed by atoms with van der Waals surface area (Å²) in [5.41, 5.74) is 0.501. The van der Waals surface area contributed by atoms with Gasteiger partial charge in [0.1, 0.15) is 4.64 Å². The summed E-state index contributed by atoms with van der Waals surface area (Å²) in [4.78, 5) is 14.5. The molecule has 0 aliphatic carbocycles. The summed E-state index contributed by atoms with van der Waals surface area (Å²) in [5.74, 6) is -0.0438. The van der Waals surface area contributed by atoms with Gasteiger partial charge in [0, 0.05) is 6.20 Å². The summed E-state index contributed by atoms with van der Waals surface area (Å²) in [6, 6.07) is 12.2. The highest BCUT2D eigenvalue weighted by Gasteiger charge is 2.08. The van der Waals surface area contributed by atoms with E-state index in [0.717, 1.165) is 0 Å². The lowest BCUT2D eigenvalue weighted by atomic mass is 10.2. The minimum absolute atomic E-state index is 0.367. The van der Waals surface area contributed by atoms with Gasteiger partial charge in [-0.05, 0) is 24.3 Å². The molecule has 0 amide bonds. The van der Waals surface area contributed by atoms with Gasteiger partial charge in [0.05, 0.1) is 5.56 Å². The lowest BCUT2D eigenvalue weighted by Crippen LogP contribution is -2.08. The van der Waals surface area contributed by atoms with E-state index in [4.69, 9.17) is 17.0 Å². The maximum Gasteiger partial charge on any atom is 0.343 e. The van der Waals surface area contributed by atoms with Crippen molar-refractivity contribution in [1.29, 1.82) is 0 Å². The Morgan fingerprint density at radius 2 is 1.88 bits per heavy atom. The van der Waals surface area contributed by atoms with Crippen LogP contribution in [0.2, 0.25) is 0 Å². The third kappa shape index (κ3) is 2.35. The summed E-state index contributed by atoms with van der Waals surface area (Å²) in [5, 5.41) is 0. The second-order valence-electron chi connectivity index (χ2n) is 3.12. The van der Waals surface area contributed by atoms with Crippen LogP contribution in [0, 0.1) is 4.64 Å². The monoisotopic (exact) mass is 231 g/mol. The zero-order valence-corrected chi connectivity index (χ0v) is 9.16. The predicted molar refractivity (Wildman–Crippen MR) is 63.0 cm³/mol. The average molecular weight is 231 g/mol. The number of carbonyl (C=O) groups is 1. The van der Waals surface area contributed by atoms with Crippen molar-refractivity contribution < 1.29 is 9.53 Å². The molecule has 1 aromatic carbocycles. The highest BCUT2D eigenvalue weighted by molar-refractivity contribution is 7.71. The molecule has 0 radical (unpaired) electrons. The molecule has 1 heterocycles. The zero-order chi connectivity index (χ0) is 11.4. The van der Waals surface area contributed by atoms with Gasteiger partial charge in [-0.2, -0.15) is 0 Å². The lowest BCUT2D eigenvalue weighted by Gasteiger charge is -2.03. The number of aromatic nitrogens is 1. The number of esters is 1. The Bertz CT molecular complexity index is 548. The molecule has 80 valence electrons. The van der Waals surface area contributed by atoms with E-state index in [-0.39, 0.29) is 0 Å². The Labute approximate surface area is 97.7 Å². The second-order valence-corrected chi connectivity index (χ2v) is 3.53. The fourth-order valence-electron chi connectivity index (χ4n) is 1.22. The molecule has 2 rings (SSSR count). The molecule has 3 nitrogen and oxygen atoms in total. The number of benzene rings is 1. The van der Waals surface area contributed by atoms with Crippen LogP contribution >= 0.6 is 12.2 Å². The van der Waals surface area contributed by atoms with Crippen molar-refractivity contribution in [3.05, 3.63) is 58.9 Å². The number of rotatable bonds is 2. The second kappa shape index (κ2) is 4.72. The summed E-state index contributed by atoms with van der Waals surface area (Å²) in [6.45, 7) is 0. The van der Waals surface area contributed by atoms with Crippen LogP contribution in [0.5, 0.6) is 5.75 Å². The molecule has 1 aromatic heterocycles. The van der Waals surface area contributed by atoms with E-state index in [0.29, 0.717) is 16.0 Å². The molecular weight excluding hydrogens is 222 g/mol. The number of H-pyrrole nitrogens is 1. The Balaban J connectivity index is 2.21. The fraction of sp³-hybridized carbons (Fsp3) is 0. The van der Waals surface area contributed by atoms with Crippen LogP contribution < -0.4 is 4.74 Å². The van der Waals surface area contributed by atoms with Gasteiger partial charge in [0.15, 0.2) is 5.75 Å². The maximum atomic E-state index is 11.7. The standard InChI is InChI=1S/C12H9NO2S/c14-12(9-5-2-1-3-6-9)15-10-7-4-8-13-11(10)16/h1-8H,(H,13,16). The SMILES string of the molecule is O=C(Oc1ccc[nH]c1=S)c1ccccc1. The van der Waals surface area contributed by atoms with E-state index >= 15 is 0 Å². The van der Waals surface area contributed by atoms with Crippen LogP contribution in [-0.2, 0) is 0 Å². The van der Waals surface area contributed by atoms with Gasteiger partial charge in [-0.1, -0.05) is 30.4 Å². The molecular formula is C12H9NO2S. The third-order valence-corrected chi connectivity index (χ3v) is 2.31. The maximum absolute atomic E-state index is 11.7. The Kier molecular flexibility index (Phi) is 3.12. The lowest BCUT2D eigenvalue weighted by molar-refractivity contribution is 0.0733. The van der Waals surface area contributed by atoms with E-state index < -0.39 is 5.97 Å². The van der Waals surface area contributed by atoms with E-state index in [1.165, 1.54) is 0 Å². The van der Waals surface area contributed by atoms with Crippen molar-refractivity contribution in [3.8, 4) is 5.75 Å². The van der Waals surface area contributed by atoms with E-state index in [2.05, 4.69) is 4.98 Å². The Hall–Kier alpha value is -1.94. The van der Waals surface area contributed by atoms with E-state index in [1.54, 1.807) is 42.6 Å². The number of pyridine rings is 1. The first-order valence-corrected chi connectivity index (χ1v) is 5.13. The topological polar surface area (TPSA) is 42.1 Å². The van der Waals surface area contributed by atoms with Crippen molar-refractivity contribution in [3.63, 3.8) is 0 Å². The molecule has 1 N–H and O–H groups in total. The average Bonchev–Trinajstić information content (AvgIpc) is 2.33. The molecule has 0 atom stereocenters. The van der Waals surface area contributed by atoms with E-state index in [1.807, 2.05) is 6.07 Å². The molecule has 0 aliphatic rings. The molecule has 0 saturated carbocycles. The van der Waals surface area contributed by atoms with Gasteiger partial charge in [-0.15, -0.1) is 0 Å². The molecule has 0 spiro atoms.